The molecule has 0 aliphatic heterocycles. The number of H-pyrrole nitrogens is 1. The zero-order valence-electron chi connectivity index (χ0n) is 10.4. The fourth-order valence-electron chi connectivity index (χ4n) is 2.02. The van der Waals surface area contributed by atoms with Crippen molar-refractivity contribution in [3.8, 4) is 11.4 Å². The fraction of sp³-hybridized carbons (Fsp3) is 0.273. The number of primary sulfonamides is 1. The van der Waals surface area contributed by atoms with Crippen molar-refractivity contribution in [3.63, 3.8) is 0 Å². The van der Waals surface area contributed by atoms with E-state index in [0.29, 0.717) is 5.82 Å². The standard InChI is InChI=1S/C11H14N4O2S/c1-6-4-7(2)9(8(3)5-6)10-13-11(15-14-10)18(12,16)17/h4-5H,1-3H3,(H2,12,16,17)(H,13,14,15). The lowest BCUT2D eigenvalue weighted by atomic mass is 9.99. The molecule has 0 aliphatic rings. The van der Waals surface area contributed by atoms with E-state index in [4.69, 9.17) is 5.14 Å². The first-order valence-corrected chi connectivity index (χ1v) is 6.87. The monoisotopic (exact) mass is 266 g/mol. The fourth-order valence-corrected chi connectivity index (χ4v) is 2.41. The van der Waals surface area contributed by atoms with Crippen molar-refractivity contribution < 1.29 is 8.42 Å². The lowest BCUT2D eigenvalue weighted by Gasteiger charge is -2.07. The molecule has 1 aromatic heterocycles. The number of nitrogens with zero attached hydrogens (tertiary/aromatic N) is 2. The molecule has 0 atom stereocenters. The van der Waals surface area contributed by atoms with Gasteiger partial charge >= 0.3 is 0 Å². The molecular weight excluding hydrogens is 252 g/mol. The van der Waals surface area contributed by atoms with E-state index in [1.165, 1.54) is 0 Å². The third-order valence-electron chi connectivity index (χ3n) is 2.64. The number of aromatic nitrogens is 3. The van der Waals surface area contributed by atoms with Crippen LogP contribution in [-0.4, -0.2) is 23.6 Å². The normalized spacial score (nSPS) is 11.8. The third-order valence-corrected chi connectivity index (χ3v) is 3.36. The van der Waals surface area contributed by atoms with E-state index >= 15 is 0 Å². The highest BCUT2D eigenvalue weighted by Gasteiger charge is 2.17. The number of rotatable bonds is 2. The van der Waals surface area contributed by atoms with E-state index in [2.05, 4.69) is 15.2 Å². The molecule has 0 radical (unpaired) electrons. The van der Waals surface area contributed by atoms with Gasteiger partial charge in [-0.3, -0.25) is 0 Å². The number of sulfonamides is 1. The summed E-state index contributed by atoms with van der Waals surface area (Å²) >= 11 is 0. The molecule has 0 fully saturated rings. The van der Waals surface area contributed by atoms with Crippen LogP contribution in [0.4, 0.5) is 0 Å². The van der Waals surface area contributed by atoms with Gasteiger partial charge in [0.15, 0.2) is 5.82 Å². The first-order valence-electron chi connectivity index (χ1n) is 5.32. The Morgan fingerprint density at radius 3 is 2.17 bits per heavy atom. The Morgan fingerprint density at radius 1 is 1.17 bits per heavy atom. The number of hydrogen-bond donors (Lipinski definition) is 2. The van der Waals surface area contributed by atoms with E-state index in [-0.39, 0.29) is 5.16 Å². The molecule has 0 bridgehead atoms. The summed E-state index contributed by atoms with van der Waals surface area (Å²) in [5.74, 6) is 0.342. The Kier molecular flexibility index (Phi) is 2.95. The molecule has 2 aromatic rings. The summed E-state index contributed by atoms with van der Waals surface area (Å²) in [6, 6.07) is 3.99. The van der Waals surface area contributed by atoms with Gasteiger partial charge in [0.05, 0.1) is 0 Å². The second-order valence-corrected chi connectivity index (χ2v) is 5.76. The van der Waals surface area contributed by atoms with Crippen molar-refractivity contribution in [2.24, 2.45) is 5.14 Å². The molecule has 1 aromatic carbocycles. The number of nitrogens with two attached hydrogens (primary N) is 1. The van der Waals surface area contributed by atoms with E-state index < -0.39 is 10.0 Å². The van der Waals surface area contributed by atoms with Crippen LogP contribution in [0.5, 0.6) is 0 Å². The lowest BCUT2D eigenvalue weighted by Crippen LogP contribution is -2.13. The van der Waals surface area contributed by atoms with Gasteiger partial charge in [-0.2, -0.15) is 10.1 Å². The van der Waals surface area contributed by atoms with Gasteiger partial charge in [-0.15, -0.1) is 0 Å². The van der Waals surface area contributed by atoms with Gasteiger partial charge in [0.1, 0.15) is 0 Å². The summed E-state index contributed by atoms with van der Waals surface area (Å²) < 4.78 is 22.3. The second kappa shape index (κ2) is 4.18. The van der Waals surface area contributed by atoms with E-state index in [9.17, 15) is 8.42 Å². The average Bonchev–Trinajstić information content (AvgIpc) is 2.64. The molecule has 2 rings (SSSR count). The highest BCUT2D eigenvalue weighted by atomic mass is 32.2. The Morgan fingerprint density at radius 2 is 1.72 bits per heavy atom. The smallest absolute Gasteiger partial charge is 0.248 e. The van der Waals surface area contributed by atoms with Crippen LogP contribution in [0.1, 0.15) is 16.7 Å². The van der Waals surface area contributed by atoms with Gasteiger partial charge in [0, 0.05) is 5.56 Å². The minimum absolute atomic E-state index is 0.322. The van der Waals surface area contributed by atoms with Gasteiger partial charge in [-0.1, -0.05) is 17.7 Å². The maximum absolute atomic E-state index is 11.1. The Bertz CT molecular complexity index is 681. The van der Waals surface area contributed by atoms with E-state index in [0.717, 1.165) is 22.3 Å². The number of aryl methyl sites for hydroxylation is 3. The molecule has 0 aliphatic carbocycles. The molecule has 1 heterocycles. The largest absolute Gasteiger partial charge is 0.273 e. The lowest BCUT2D eigenvalue weighted by molar-refractivity contribution is 0.589. The zero-order chi connectivity index (χ0) is 13.5. The first kappa shape index (κ1) is 12.7. The molecule has 18 heavy (non-hydrogen) atoms. The van der Waals surface area contributed by atoms with Crippen molar-refractivity contribution in [1.29, 1.82) is 0 Å². The quantitative estimate of drug-likeness (QED) is 0.847. The summed E-state index contributed by atoms with van der Waals surface area (Å²) in [5, 5.41) is 10.9. The van der Waals surface area contributed by atoms with Crippen LogP contribution in [0.25, 0.3) is 11.4 Å². The molecule has 7 heteroatoms. The number of nitrogens with one attached hydrogen (secondary N) is 1. The van der Waals surface area contributed by atoms with Gasteiger partial charge in [0.25, 0.3) is 15.2 Å². The van der Waals surface area contributed by atoms with Crippen molar-refractivity contribution in [1.82, 2.24) is 15.2 Å². The van der Waals surface area contributed by atoms with Crippen LogP contribution in [0.15, 0.2) is 17.3 Å². The van der Waals surface area contributed by atoms with Crippen LogP contribution >= 0.6 is 0 Å². The van der Waals surface area contributed by atoms with Crippen LogP contribution in [0, 0.1) is 20.8 Å². The summed E-state index contributed by atoms with van der Waals surface area (Å²) in [6.07, 6.45) is 0. The van der Waals surface area contributed by atoms with Crippen molar-refractivity contribution in [3.05, 3.63) is 28.8 Å². The summed E-state index contributed by atoms with van der Waals surface area (Å²) in [6.45, 7) is 5.86. The molecule has 0 saturated carbocycles. The molecular formula is C11H14N4O2S. The molecule has 0 saturated heterocycles. The third kappa shape index (κ3) is 2.27. The SMILES string of the molecule is Cc1cc(C)c(-c2n[nH]c(S(N)(=O)=O)n2)c(C)c1. The average molecular weight is 266 g/mol. The molecule has 0 amide bonds. The first-order chi connectivity index (χ1) is 8.29. The molecule has 6 nitrogen and oxygen atoms in total. The number of hydrogen-bond acceptors (Lipinski definition) is 4. The molecule has 0 spiro atoms. The summed E-state index contributed by atoms with van der Waals surface area (Å²) in [4.78, 5) is 3.92. The number of benzene rings is 1. The van der Waals surface area contributed by atoms with Crippen molar-refractivity contribution in [2.45, 2.75) is 25.9 Å². The predicted molar refractivity (Wildman–Crippen MR) is 67.4 cm³/mol. The minimum atomic E-state index is -3.85. The van der Waals surface area contributed by atoms with E-state index in [1.807, 2.05) is 32.9 Å². The van der Waals surface area contributed by atoms with Gasteiger partial charge in [-0.25, -0.2) is 18.7 Å². The molecule has 96 valence electrons. The van der Waals surface area contributed by atoms with Crippen LogP contribution < -0.4 is 5.14 Å². The van der Waals surface area contributed by atoms with Crippen LogP contribution in [0.3, 0.4) is 0 Å². The highest BCUT2D eigenvalue weighted by Crippen LogP contribution is 2.25. The van der Waals surface area contributed by atoms with Crippen LogP contribution in [-0.2, 0) is 10.0 Å². The molecule has 0 unspecified atom stereocenters. The zero-order valence-corrected chi connectivity index (χ0v) is 11.2. The summed E-state index contributed by atoms with van der Waals surface area (Å²) in [5.41, 5.74) is 3.95. The highest BCUT2D eigenvalue weighted by molar-refractivity contribution is 7.89. The Hall–Kier alpha value is -1.73. The van der Waals surface area contributed by atoms with Gasteiger partial charge < -0.3 is 0 Å². The molecule has 3 N–H and O–H groups in total. The van der Waals surface area contributed by atoms with Crippen molar-refractivity contribution in [2.75, 3.05) is 0 Å². The van der Waals surface area contributed by atoms with Gasteiger partial charge in [-0.05, 0) is 31.9 Å². The van der Waals surface area contributed by atoms with E-state index in [1.54, 1.807) is 0 Å². The van der Waals surface area contributed by atoms with Crippen LogP contribution in [0.2, 0.25) is 0 Å². The summed E-state index contributed by atoms with van der Waals surface area (Å²) in [7, 11) is -3.85. The van der Waals surface area contributed by atoms with Crippen molar-refractivity contribution >= 4 is 10.0 Å². The Balaban J connectivity index is 2.60. The minimum Gasteiger partial charge on any atom is -0.248 e. The predicted octanol–water partition coefficient (Wildman–Crippen LogP) is 1.04. The number of aromatic amines is 1. The second-order valence-electron chi connectivity index (χ2n) is 4.28. The Labute approximate surface area is 105 Å². The maximum atomic E-state index is 11.1. The maximum Gasteiger partial charge on any atom is 0.273 e. The topological polar surface area (TPSA) is 102 Å². The van der Waals surface area contributed by atoms with Gasteiger partial charge in [0.2, 0.25) is 0 Å².